The van der Waals surface area contributed by atoms with Crippen molar-refractivity contribution in [1.82, 2.24) is 15.4 Å². The first-order valence-corrected chi connectivity index (χ1v) is 6.26. The van der Waals surface area contributed by atoms with E-state index < -0.39 is 0 Å². The highest BCUT2D eigenvalue weighted by Gasteiger charge is 2.22. The van der Waals surface area contributed by atoms with Crippen molar-refractivity contribution in [2.45, 2.75) is 40.2 Å². The molecular formula is C13H21N3O3. The van der Waals surface area contributed by atoms with Crippen LogP contribution in [0.25, 0.3) is 0 Å². The molecule has 106 valence electrons. The monoisotopic (exact) mass is 267 g/mol. The molecule has 2 amide bonds. The number of hydrogen-bond donors (Lipinski definition) is 1. The maximum Gasteiger partial charge on any atom is 0.276 e. The van der Waals surface area contributed by atoms with Crippen molar-refractivity contribution >= 4 is 11.8 Å². The second-order valence-electron chi connectivity index (χ2n) is 5.44. The Labute approximate surface area is 113 Å². The number of aromatic nitrogens is 1. The molecule has 0 atom stereocenters. The number of carbonyl (C=O) groups excluding carboxylic acids is 2. The van der Waals surface area contributed by atoms with E-state index in [1.165, 1.54) is 4.90 Å². The fourth-order valence-electron chi connectivity index (χ4n) is 1.59. The van der Waals surface area contributed by atoms with Crippen LogP contribution in [-0.2, 0) is 4.79 Å². The molecule has 0 aliphatic rings. The van der Waals surface area contributed by atoms with Gasteiger partial charge in [0.2, 0.25) is 5.91 Å². The summed E-state index contributed by atoms with van der Waals surface area (Å²) in [5.74, 6) is 0.0740. The van der Waals surface area contributed by atoms with Crippen LogP contribution in [-0.4, -0.2) is 40.5 Å². The number of rotatable bonds is 4. The van der Waals surface area contributed by atoms with Crippen LogP contribution >= 0.6 is 0 Å². The first-order valence-electron chi connectivity index (χ1n) is 6.26. The van der Waals surface area contributed by atoms with Crippen LogP contribution in [0, 0.1) is 6.92 Å². The maximum atomic E-state index is 12.1. The predicted octanol–water partition coefficient (Wildman–Crippen LogP) is 1.36. The molecule has 6 heteroatoms. The average Bonchev–Trinajstić information content (AvgIpc) is 2.69. The lowest BCUT2D eigenvalue weighted by atomic mass is 10.1. The number of hydrogen-bond acceptors (Lipinski definition) is 4. The second-order valence-corrected chi connectivity index (χ2v) is 5.44. The minimum absolute atomic E-state index is 0.0124. The van der Waals surface area contributed by atoms with Gasteiger partial charge in [0.05, 0.1) is 6.54 Å². The van der Waals surface area contributed by atoms with E-state index in [2.05, 4.69) is 10.5 Å². The molecule has 1 aromatic rings. The summed E-state index contributed by atoms with van der Waals surface area (Å²) in [4.78, 5) is 25.4. The molecule has 1 heterocycles. The summed E-state index contributed by atoms with van der Waals surface area (Å²) in [7, 11) is 0. The summed E-state index contributed by atoms with van der Waals surface area (Å²) >= 11 is 0. The van der Waals surface area contributed by atoms with Crippen LogP contribution in [0.4, 0.5) is 0 Å². The molecule has 6 nitrogen and oxygen atoms in total. The van der Waals surface area contributed by atoms with Crippen molar-refractivity contribution in [3.8, 4) is 0 Å². The number of aryl methyl sites for hydroxylation is 1. The Kier molecular flexibility index (Phi) is 4.69. The van der Waals surface area contributed by atoms with E-state index in [9.17, 15) is 9.59 Å². The van der Waals surface area contributed by atoms with Crippen LogP contribution < -0.4 is 5.32 Å². The van der Waals surface area contributed by atoms with Crippen LogP contribution in [0.3, 0.4) is 0 Å². The van der Waals surface area contributed by atoms with Gasteiger partial charge in [-0.25, -0.2) is 0 Å². The summed E-state index contributed by atoms with van der Waals surface area (Å²) in [5.41, 5.74) is -0.0905. The minimum Gasteiger partial charge on any atom is -0.361 e. The number of likely N-dealkylation sites (N-methyl/N-ethyl adjacent to an activating group) is 1. The predicted molar refractivity (Wildman–Crippen MR) is 70.7 cm³/mol. The van der Waals surface area contributed by atoms with Crippen molar-refractivity contribution in [2.24, 2.45) is 0 Å². The van der Waals surface area contributed by atoms with Gasteiger partial charge in [-0.15, -0.1) is 0 Å². The van der Waals surface area contributed by atoms with Crippen LogP contribution in [0.2, 0.25) is 0 Å². The number of nitrogens with zero attached hydrogens (tertiary/aromatic N) is 2. The largest absolute Gasteiger partial charge is 0.361 e. The lowest BCUT2D eigenvalue weighted by Crippen LogP contribution is -2.47. The number of amides is 2. The summed E-state index contributed by atoms with van der Waals surface area (Å²) in [6.07, 6.45) is 0. The maximum absolute atomic E-state index is 12.1. The zero-order valence-electron chi connectivity index (χ0n) is 12.1. The summed E-state index contributed by atoms with van der Waals surface area (Å²) in [6, 6.07) is 1.56. The fourth-order valence-corrected chi connectivity index (χ4v) is 1.59. The first-order chi connectivity index (χ1) is 8.73. The lowest BCUT2D eigenvalue weighted by Gasteiger charge is -2.24. The van der Waals surface area contributed by atoms with Gasteiger partial charge in [0, 0.05) is 18.2 Å². The van der Waals surface area contributed by atoms with E-state index >= 15 is 0 Å². The van der Waals surface area contributed by atoms with E-state index in [1.807, 2.05) is 27.7 Å². The molecule has 0 unspecified atom stereocenters. The van der Waals surface area contributed by atoms with Gasteiger partial charge in [-0.1, -0.05) is 5.16 Å². The van der Waals surface area contributed by atoms with Crippen molar-refractivity contribution < 1.29 is 14.1 Å². The molecule has 1 N–H and O–H groups in total. The van der Waals surface area contributed by atoms with Crippen LogP contribution in [0.15, 0.2) is 10.6 Å². The van der Waals surface area contributed by atoms with Crippen molar-refractivity contribution in [3.05, 3.63) is 17.5 Å². The van der Waals surface area contributed by atoms with E-state index in [0.29, 0.717) is 12.3 Å². The quantitative estimate of drug-likeness (QED) is 0.893. The third-order valence-corrected chi connectivity index (χ3v) is 2.36. The molecule has 0 saturated carbocycles. The normalized spacial score (nSPS) is 11.2. The van der Waals surface area contributed by atoms with Gasteiger partial charge in [-0.2, -0.15) is 0 Å². The van der Waals surface area contributed by atoms with Gasteiger partial charge < -0.3 is 14.7 Å². The van der Waals surface area contributed by atoms with E-state index in [4.69, 9.17) is 4.52 Å². The molecule has 0 bridgehead atoms. The number of carbonyl (C=O) groups is 2. The Morgan fingerprint density at radius 1 is 1.42 bits per heavy atom. The first kappa shape index (κ1) is 15.2. The topological polar surface area (TPSA) is 75.4 Å². The Bertz CT molecular complexity index is 460. The molecule has 0 aromatic carbocycles. The molecule has 19 heavy (non-hydrogen) atoms. The van der Waals surface area contributed by atoms with Gasteiger partial charge >= 0.3 is 0 Å². The minimum atomic E-state index is -0.315. The standard InChI is InChI=1S/C13H21N3O3/c1-6-16(8-11(17)14-13(3,4)5)12(18)10-7-9(2)19-15-10/h7H,6,8H2,1-5H3,(H,14,17). The summed E-state index contributed by atoms with van der Waals surface area (Å²) in [6.45, 7) is 9.65. The molecule has 0 fully saturated rings. The molecule has 0 radical (unpaired) electrons. The molecule has 0 spiro atoms. The highest BCUT2D eigenvalue weighted by molar-refractivity contribution is 5.94. The lowest BCUT2D eigenvalue weighted by molar-refractivity contribution is -0.123. The fraction of sp³-hybridized carbons (Fsp3) is 0.615. The van der Waals surface area contributed by atoms with Gasteiger partial charge in [0.25, 0.3) is 5.91 Å². The third kappa shape index (κ3) is 4.73. The highest BCUT2D eigenvalue weighted by Crippen LogP contribution is 2.06. The van der Waals surface area contributed by atoms with E-state index in [1.54, 1.807) is 13.0 Å². The smallest absolute Gasteiger partial charge is 0.276 e. The Morgan fingerprint density at radius 2 is 2.05 bits per heavy atom. The van der Waals surface area contributed by atoms with Gasteiger partial charge in [-0.05, 0) is 34.6 Å². The van der Waals surface area contributed by atoms with Crippen LogP contribution in [0.5, 0.6) is 0 Å². The molecule has 0 saturated heterocycles. The molecule has 1 rings (SSSR count). The van der Waals surface area contributed by atoms with E-state index in [0.717, 1.165) is 0 Å². The van der Waals surface area contributed by atoms with Crippen molar-refractivity contribution in [3.63, 3.8) is 0 Å². The molecule has 0 aliphatic heterocycles. The molecule has 0 aliphatic carbocycles. The number of nitrogens with one attached hydrogen (secondary N) is 1. The Balaban J connectivity index is 2.68. The zero-order chi connectivity index (χ0) is 14.6. The molecular weight excluding hydrogens is 246 g/mol. The highest BCUT2D eigenvalue weighted by atomic mass is 16.5. The summed E-state index contributed by atoms with van der Waals surface area (Å²) < 4.78 is 4.87. The van der Waals surface area contributed by atoms with Crippen molar-refractivity contribution in [1.29, 1.82) is 0 Å². The van der Waals surface area contributed by atoms with E-state index in [-0.39, 0.29) is 29.6 Å². The van der Waals surface area contributed by atoms with Crippen LogP contribution in [0.1, 0.15) is 43.9 Å². The Hall–Kier alpha value is -1.85. The van der Waals surface area contributed by atoms with Crippen molar-refractivity contribution in [2.75, 3.05) is 13.1 Å². The SMILES string of the molecule is CCN(CC(=O)NC(C)(C)C)C(=O)c1cc(C)on1. The summed E-state index contributed by atoms with van der Waals surface area (Å²) in [5, 5.41) is 6.49. The second kappa shape index (κ2) is 5.86. The van der Waals surface area contributed by atoms with Gasteiger partial charge in [0.1, 0.15) is 5.76 Å². The van der Waals surface area contributed by atoms with Gasteiger partial charge in [-0.3, -0.25) is 9.59 Å². The Morgan fingerprint density at radius 3 is 2.47 bits per heavy atom. The van der Waals surface area contributed by atoms with Gasteiger partial charge in [0.15, 0.2) is 5.69 Å². The average molecular weight is 267 g/mol. The third-order valence-electron chi connectivity index (χ3n) is 2.36. The zero-order valence-corrected chi connectivity index (χ0v) is 12.1. The molecule has 1 aromatic heterocycles.